The van der Waals surface area contributed by atoms with Gasteiger partial charge in [-0.15, -0.1) is 0 Å². The molecule has 0 bridgehead atoms. The fourth-order valence-electron chi connectivity index (χ4n) is 5.94. The molecule has 0 saturated carbocycles. The number of aromatic amines is 1. The van der Waals surface area contributed by atoms with E-state index < -0.39 is 64.8 Å². The quantitative estimate of drug-likeness (QED) is 0.0638. The van der Waals surface area contributed by atoms with Gasteiger partial charge in [-0.2, -0.15) is 21.6 Å². The fraction of sp³-hybridized carbons (Fsp3) is 0.568. The van der Waals surface area contributed by atoms with Crippen LogP contribution < -0.4 is 21.6 Å². The highest BCUT2D eigenvalue weighted by molar-refractivity contribution is 7.87. The van der Waals surface area contributed by atoms with E-state index in [4.69, 9.17) is 18.6 Å². The molecule has 1 aromatic heterocycles. The Balaban J connectivity index is 2.32. The van der Waals surface area contributed by atoms with Crippen molar-refractivity contribution in [2.75, 3.05) is 33.0 Å². The maximum atomic E-state index is 13.5. The Morgan fingerprint density at radius 3 is 1.92 bits per heavy atom. The summed E-state index contributed by atoms with van der Waals surface area (Å²) in [5.41, 5.74) is -9.24. The third-order valence-corrected chi connectivity index (χ3v) is 15.0. The number of alkyl halides is 3. The van der Waals surface area contributed by atoms with Gasteiger partial charge >= 0.3 is 21.3 Å². The molecule has 11 nitrogen and oxygen atoms in total. The molecule has 0 aliphatic carbocycles. The minimum Gasteiger partial charge on any atom is -0.404 e. The number of unbranched alkanes of at least 4 members (excludes halogenated alkanes) is 2. The Morgan fingerprint density at radius 1 is 0.868 bits per heavy atom. The first-order valence-electron chi connectivity index (χ1n) is 17.7. The van der Waals surface area contributed by atoms with Crippen LogP contribution >= 0.6 is 0 Å². The van der Waals surface area contributed by atoms with Crippen molar-refractivity contribution in [2.24, 2.45) is 0 Å². The van der Waals surface area contributed by atoms with Gasteiger partial charge in [-0.3, -0.25) is 18.5 Å². The molecule has 0 spiro atoms. The Bertz CT molecular complexity index is 1760. The first-order valence-corrected chi connectivity index (χ1v) is 21.1. The summed E-state index contributed by atoms with van der Waals surface area (Å²) in [5.74, 6) is 0. The number of nitrogens with one attached hydrogen (secondary N) is 1. The van der Waals surface area contributed by atoms with Crippen molar-refractivity contribution in [3.8, 4) is 0 Å². The molecule has 0 radical (unpaired) electrons. The van der Waals surface area contributed by atoms with Gasteiger partial charge in [-0.25, -0.2) is 4.79 Å². The highest BCUT2D eigenvalue weighted by Gasteiger charge is 2.54. The minimum absolute atomic E-state index is 0.0116. The second kappa shape index (κ2) is 19.0. The van der Waals surface area contributed by atoms with Crippen LogP contribution in [0.25, 0.3) is 0 Å². The molecule has 0 unspecified atom stereocenters. The monoisotopic (exact) mass is 786 g/mol. The van der Waals surface area contributed by atoms with E-state index in [1.807, 2.05) is 74.5 Å². The zero-order valence-electron chi connectivity index (χ0n) is 31.5. The SMILES string of the molecule is CCCCOC[C@@](CO[Si](c1ccccc1)(c1ccccc1)C(C)(C)C)(O[C@H](COS(=O)(=O)C(F)(F)F)n1cc(C)c(=O)[nH]c1=O)[C@@H](C)OCCCC. The van der Waals surface area contributed by atoms with E-state index in [0.717, 1.165) is 34.0 Å². The molecule has 0 aliphatic heterocycles. The van der Waals surface area contributed by atoms with Crippen molar-refractivity contribution in [3.05, 3.63) is 93.3 Å². The fourth-order valence-corrected chi connectivity index (χ4v) is 11.0. The molecule has 3 atom stereocenters. The van der Waals surface area contributed by atoms with Crippen LogP contribution in [0, 0.1) is 6.92 Å². The largest absolute Gasteiger partial charge is 0.523 e. The van der Waals surface area contributed by atoms with Gasteiger partial charge in [0.05, 0.1) is 19.3 Å². The normalized spacial score (nSPS) is 15.2. The summed E-state index contributed by atoms with van der Waals surface area (Å²) in [6.45, 7) is 12.0. The van der Waals surface area contributed by atoms with Crippen LogP contribution in [0.2, 0.25) is 5.04 Å². The van der Waals surface area contributed by atoms with Gasteiger partial charge in [0.25, 0.3) is 13.9 Å². The summed E-state index contributed by atoms with van der Waals surface area (Å²) in [7, 11) is -9.44. The van der Waals surface area contributed by atoms with Crippen molar-refractivity contribution in [2.45, 2.75) is 103 Å². The summed E-state index contributed by atoms with van der Waals surface area (Å²) in [6.07, 6.45) is 1.27. The number of hydrogen-bond acceptors (Lipinski definition) is 9. The summed E-state index contributed by atoms with van der Waals surface area (Å²) in [6, 6.07) is 19.5. The number of halogens is 3. The zero-order valence-corrected chi connectivity index (χ0v) is 33.3. The van der Waals surface area contributed by atoms with Gasteiger partial charge in [0, 0.05) is 25.0 Å². The average molecular weight is 787 g/mol. The van der Waals surface area contributed by atoms with Crippen LogP contribution in [-0.4, -0.2) is 76.5 Å². The molecular formula is C37H53F3N2O9SSi. The van der Waals surface area contributed by atoms with E-state index in [2.05, 4.69) is 29.9 Å². The van der Waals surface area contributed by atoms with E-state index in [-0.39, 0.29) is 32.0 Å². The highest BCUT2D eigenvalue weighted by Crippen LogP contribution is 2.39. The van der Waals surface area contributed by atoms with Crippen molar-refractivity contribution < 1.29 is 44.4 Å². The summed E-state index contributed by atoms with van der Waals surface area (Å²) in [5, 5.41) is 1.36. The van der Waals surface area contributed by atoms with Crippen LogP contribution in [0.5, 0.6) is 0 Å². The second-order valence-corrected chi connectivity index (χ2v) is 19.9. The van der Waals surface area contributed by atoms with Crippen LogP contribution in [0.4, 0.5) is 13.2 Å². The first kappa shape index (κ1) is 44.3. The molecule has 0 aliphatic rings. The predicted octanol–water partition coefficient (Wildman–Crippen LogP) is 5.56. The van der Waals surface area contributed by atoms with Gasteiger partial charge in [0.15, 0.2) is 6.23 Å². The molecule has 0 saturated heterocycles. The molecule has 0 fully saturated rings. The number of nitrogens with zero attached hydrogens (tertiary/aromatic N) is 1. The lowest BCUT2D eigenvalue weighted by Crippen LogP contribution is -2.69. The van der Waals surface area contributed by atoms with Gasteiger partial charge in [-0.05, 0) is 42.1 Å². The van der Waals surface area contributed by atoms with E-state index in [9.17, 15) is 31.2 Å². The lowest BCUT2D eigenvalue weighted by molar-refractivity contribution is -0.230. The van der Waals surface area contributed by atoms with Gasteiger partial charge in [0.2, 0.25) is 0 Å². The molecule has 0 amide bonds. The van der Waals surface area contributed by atoms with Crippen molar-refractivity contribution in [3.63, 3.8) is 0 Å². The molecule has 3 rings (SSSR count). The van der Waals surface area contributed by atoms with E-state index in [1.54, 1.807) is 6.92 Å². The number of ether oxygens (including phenoxy) is 3. The number of hydrogen-bond donors (Lipinski definition) is 1. The van der Waals surface area contributed by atoms with Crippen molar-refractivity contribution in [1.29, 1.82) is 0 Å². The first-order chi connectivity index (χ1) is 24.8. The van der Waals surface area contributed by atoms with Crippen LogP contribution in [0.1, 0.15) is 79.0 Å². The molecule has 53 heavy (non-hydrogen) atoms. The Kier molecular flexibility index (Phi) is 15.8. The molecule has 1 N–H and O–H groups in total. The molecule has 296 valence electrons. The molecule has 3 aromatic rings. The standard InChI is InChI=1S/C37H53F3N2O9SSi/c1-8-10-22-47-26-36(29(4)48-23-11-9-2,27-50-53(35(5,6)7,30-18-14-12-15-19-30)31-20-16-13-17-21-31)51-32(25-49-52(45,46)37(38,39)40)42-24-28(3)33(43)41-34(42)44/h12-21,24,29,32H,8-11,22-23,25-27H2,1-7H3,(H,41,43,44)/t29-,32-,36+/m1/s1. The van der Waals surface area contributed by atoms with E-state index in [0.29, 0.717) is 12.8 Å². The Labute approximate surface area is 311 Å². The van der Waals surface area contributed by atoms with Crippen molar-refractivity contribution in [1.82, 2.24) is 9.55 Å². The smallest absolute Gasteiger partial charge is 0.404 e. The van der Waals surface area contributed by atoms with Gasteiger partial charge in [0.1, 0.15) is 12.2 Å². The number of H-pyrrole nitrogens is 1. The van der Waals surface area contributed by atoms with Gasteiger partial charge in [-0.1, -0.05) is 108 Å². The third kappa shape index (κ3) is 11.0. The van der Waals surface area contributed by atoms with Gasteiger partial charge < -0.3 is 18.6 Å². The maximum Gasteiger partial charge on any atom is 0.523 e. The number of aromatic nitrogens is 2. The summed E-state index contributed by atoms with van der Waals surface area (Å²) < 4.78 is 96.7. The molecular weight excluding hydrogens is 734 g/mol. The highest BCUT2D eigenvalue weighted by atomic mass is 32.2. The molecule has 1 heterocycles. The topological polar surface area (TPSA) is 135 Å². The summed E-state index contributed by atoms with van der Waals surface area (Å²) in [4.78, 5) is 27.7. The number of aryl methyl sites for hydroxylation is 1. The predicted molar refractivity (Wildman–Crippen MR) is 199 cm³/mol. The summed E-state index contributed by atoms with van der Waals surface area (Å²) >= 11 is 0. The van der Waals surface area contributed by atoms with Crippen LogP contribution in [0.15, 0.2) is 76.4 Å². The minimum atomic E-state index is -6.13. The maximum absolute atomic E-state index is 13.5. The molecule has 2 aromatic carbocycles. The lowest BCUT2D eigenvalue weighted by atomic mass is 9.99. The zero-order chi connectivity index (χ0) is 39.5. The third-order valence-electron chi connectivity index (χ3n) is 9.02. The number of benzene rings is 2. The van der Waals surface area contributed by atoms with E-state index in [1.165, 1.54) is 6.92 Å². The molecule has 16 heteroatoms. The Morgan fingerprint density at radius 2 is 1.42 bits per heavy atom. The lowest BCUT2D eigenvalue weighted by Gasteiger charge is -2.47. The Hall–Kier alpha value is -3.12. The van der Waals surface area contributed by atoms with Crippen molar-refractivity contribution >= 4 is 28.8 Å². The van der Waals surface area contributed by atoms with Crippen LogP contribution in [0.3, 0.4) is 0 Å². The van der Waals surface area contributed by atoms with Crippen LogP contribution in [-0.2, 0) is 32.9 Å². The number of rotatable bonds is 21. The second-order valence-electron chi connectivity index (χ2n) is 14.0. The average Bonchev–Trinajstić information content (AvgIpc) is 3.10. The van der Waals surface area contributed by atoms with E-state index >= 15 is 0 Å².